The van der Waals surface area contributed by atoms with Gasteiger partial charge in [-0.25, -0.2) is 4.79 Å². The summed E-state index contributed by atoms with van der Waals surface area (Å²) in [6.07, 6.45) is 1.59. The number of carbonyl (C=O) groups excluding carboxylic acids is 1. The summed E-state index contributed by atoms with van der Waals surface area (Å²) in [5, 5.41) is 3.34. The molecule has 30 heavy (non-hydrogen) atoms. The second-order valence-corrected chi connectivity index (χ2v) is 7.19. The number of benzene rings is 1. The van der Waals surface area contributed by atoms with Crippen molar-refractivity contribution < 1.29 is 9.53 Å². The highest BCUT2D eigenvalue weighted by Gasteiger charge is 2.21. The van der Waals surface area contributed by atoms with Crippen molar-refractivity contribution in [1.29, 1.82) is 0 Å². The van der Waals surface area contributed by atoms with E-state index in [1.165, 1.54) is 16.6 Å². The summed E-state index contributed by atoms with van der Waals surface area (Å²) in [5.41, 5.74) is 5.82. The van der Waals surface area contributed by atoms with E-state index in [2.05, 4.69) is 10.3 Å². The lowest BCUT2D eigenvalue weighted by atomic mass is 10.2. The molecule has 9 nitrogen and oxygen atoms in total. The first kappa shape index (κ1) is 23.5. The second kappa shape index (κ2) is 11.4. The maximum atomic E-state index is 12.6. The Morgan fingerprint density at radius 2 is 2.07 bits per heavy atom. The molecule has 2 aromatic rings. The summed E-state index contributed by atoms with van der Waals surface area (Å²) in [6, 6.07) is 7.20. The average molecular weight is 438 g/mol. The zero-order chi connectivity index (χ0) is 22.1. The number of anilines is 2. The van der Waals surface area contributed by atoms with Gasteiger partial charge in [-0.2, -0.15) is 0 Å². The number of amides is 1. The van der Waals surface area contributed by atoms with Gasteiger partial charge in [0.05, 0.1) is 13.2 Å². The van der Waals surface area contributed by atoms with Crippen LogP contribution in [0.3, 0.4) is 0 Å². The largest absolute Gasteiger partial charge is 0.383 e. The molecule has 0 aliphatic rings. The number of nitrogen functional groups attached to an aromatic ring is 1. The van der Waals surface area contributed by atoms with E-state index in [0.717, 1.165) is 18.4 Å². The van der Waals surface area contributed by atoms with E-state index < -0.39 is 11.2 Å². The predicted octanol–water partition coefficient (Wildman–Crippen LogP) is 1.34. The number of H-pyrrole nitrogens is 1. The van der Waals surface area contributed by atoms with Gasteiger partial charge >= 0.3 is 5.69 Å². The van der Waals surface area contributed by atoms with Crippen LogP contribution in [-0.4, -0.2) is 42.3 Å². The molecule has 0 fully saturated rings. The van der Waals surface area contributed by atoms with Gasteiger partial charge in [-0.15, -0.1) is 0 Å². The van der Waals surface area contributed by atoms with Crippen molar-refractivity contribution in [3.63, 3.8) is 0 Å². The Balaban J connectivity index is 2.24. The molecule has 0 saturated carbocycles. The average Bonchev–Trinajstić information content (AvgIpc) is 2.71. The van der Waals surface area contributed by atoms with Gasteiger partial charge in [0.1, 0.15) is 11.5 Å². The van der Waals surface area contributed by atoms with Gasteiger partial charge < -0.3 is 20.7 Å². The number of hydrogen-bond donors (Lipinski definition) is 3. The fraction of sp³-hybridized carbons (Fsp3) is 0.450. The van der Waals surface area contributed by atoms with E-state index in [0.29, 0.717) is 11.6 Å². The van der Waals surface area contributed by atoms with Crippen LogP contribution in [0.25, 0.3) is 0 Å². The fourth-order valence-electron chi connectivity index (χ4n) is 2.96. The monoisotopic (exact) mass is 437 g/mol. The van der Waals surface area contributed by atoms with Crippen molar-refractivity contribution in [3.8, 4) is 0 Å². The van der Waals surface area contributed by atoms with E-state index in [-0.39, 0.29) is 43.7 Å². The smallest absolute Gasteiger partial charge is 0.330 e. The maximum absolute atomic E-state index is 12.6. The van der Waals surface area contributed by atoms with E-state index in [1.807, 2.05) is 25.1 Å². The molecule has 1 aromatic heterocycles. The molecule has 1 amide bonds. The molecular formula is C20H28ClN5O4. The number of halogens is 1. The number of hydrogen-bond acceptors (Lipinski definition) is 6. The number of unbranched alkanes of at least 4 members (excludes halogenated alkanes) is 1. The molecule has 1 heterocycles. The van der Waals surface area contributed by atoms with E-state index in [4.69, 9.17) is 22.1 Å². The number of nitrogens with two attached hydrogens (primary N) is 1. The molecule has 0 spiro atoms. The topological polar surface area (TPSA) is 122 Å². The Morgan fingerprint density at radius 3 is 2.73 bits per heavy atom. The number of carbonyl (C=O) groups is 1. The molecule has 2 rings (SSSR count). The summed E-state index contributed by atoms with van der Waals surface area (Å²) in [5.74, 6) is -0.289. The van der Waals surface area contributed by atoms with Crippen molar-refractivity contribution in [2.45, 2.75) is 32.9 Å². The van der Waals surface area contributed by atoms with E-state index in [1.54, 1.807) is 6.07 Å². The van der Waals surface area contributed by atoms with E-state index in [9.17, 15) is 14.4 Å². The van der Waals surface area contributed by atoms with E-state index >= 15 is 0 Å². The van der Waals surface area contributed by atoms with Crippen LogP contribution in [0.1, 0.15) is 25.3 Å². The van der Waals surface area contributed by atoms with Gasteiger partial charge in [-0.1, -0.05) is 43.1 Å². The number of ether oxygens (including phenoxy) is 1. The van der Waals surface area contributed by atoms with Gasteiger partial charge in [0, 0.05) is 31.8 Å². The normalized spacial score (nSPS) is 10.8. The SMILES string of the molecule is CCCCn1c(N)c(N(CCOC)CC(=O)NCc2ccccc2Cl)c(=O)[nH]c1=O. The minimum absolute atomic E-state index is 0.0345. The first-order valence-corrected chi connectivity index (χ1v) is 10.1. The molecule has 0 unspecified atom stereocenters. The molecule has 0 aliphatic carbocycles. The lowest BCUT2D eigenvalue weighted by Crippen LogP contribution is -2.44. The molecule has 0 radical (unpaired) electrons. The predicted molar refractivity (Wildman–Crippen MR) is 118 cm³/mol. The minimum atomic E-state index is -0.639. The Labute approximate surface area is 179 Å². The number of nitrogens with one attached hydrogen (secondary N) is 2. The van der Waals surface area contributed by atoms with Gasteiger partial charge in [0.25, 0.3) is 5.56 Å². The summed E-state index contributed by atoms with van der Waals surface area (Å²) in [4.78, 5) is 41.0. The first-order valence-electron chi connectivity index (χ1n) is 9.75. The van der Waals surface area contributed by atoms with Crippen LogP contribution < -0.4 is 27.2 Å². The van der Waals surface area contributed by atoms with Crippen molar-refractivity contribution in [1.82, 2.24) is 14.9 Å². The number of nitrogens with zero attached hydrogens (tertiary/aromatic N) is 2. The number of aromatic nitrogens is 2. The summed E-state index contributed by atoms with van der Waals surface area (Å²) in [6.45, 7) is 3.00. The quantitative estimate of drug-likeness (QED) is 0.487. The number of aromatic amines is 1. The molecule has 0 saturated heterocycles. The van der Waals surface area contributed by atoms with Crippen LogP contribution in [0.4, 0.5) is 11.5 Å². The molecule has 4 N–H and O–H groups in total. The van der Waals surface area contributed by atoms with Gasteiger partial charge in [0.15, 0.2) is 0 Å². The van der Waals surface area contributed by atoms with Crippen molar-refractivity contribution >= 4 is 29.0 Å². The number of rotatable bonds is 11. The Morgan fingerprint density at radius 1 is 1.33 bits per heavy atom. The lowest BCUT2D eigenvalue weighted by Gasteiger charge is -2.25. The Bertz CT molecular complexity index is 972. The fourth-order valence-corrected chi connectivity index (χ4v) is 3.16. The zero-order valence-electron chi connectivity index (χ0n) is 17.2. The Kier molecular flexibility index (Phi) is 8.94. The molecular weight excluding hydrogens is 410 g/mol. The van der Waals surface area contributed by atoms with Crippen LogP contribution >= 0.6 is 11.6 Å². The highest BCUT2D eigenvalue weighted by molar-refractivity contribution is 6.31. The number of methoxy groups -OCH3 is 1. The standard InChI is InChI=1S/C20H28ClN5O4/c1-3-4-9-26-18(22)17(19(28)24-20(26)29)25(10-11-30-2)13-16(27)23-12-14-7-5-6-8-15(14)21/h5-8H,3-4,9-13,22H2,1-2H3,(H,23,27)(H,24,28,29). The highest BCUT2D eigenvalue weighted by Crippen LogP contribution is 2.17. The first-order chi connectivity index (χ1) is 14.4. The lowest BCUT2D eigenvalue weighted by molar-refractivity contribution is -0.119. The second-order valence-electron chi connectivity index (χ2n) is 6.78. The highest BCUT2D eigenvalue weighted by atomic mass is 35.5. The molecule has 0 aliphatic heterocycles. The third-order valence-corrected chi connectivity index (χ3v) is 4.97. The summed E-state index contributed by atoms with van der Waals surface area (Å²) in [7, 11) is 1.52. The molecule has 0 atom stereocenters. The van der Waals surface area contributed by atoms with Crippen LogP contribution in [0, 0.1) is 0 Å². The zero-order valence-corrected chi connectivity index (χ0v) is 18.0. The Hall–Kier alpha value is -2.78. The van der Waals surface area contributed by atoms with Crippen molar-refractivity contribution in [3.05, 3.63) is 55.7 Å². The van der Waals surface area contributed by atoms with Crippen LogP contribution in [-0.2, 0) is 22.6 Å². The van der Waals surface area contributed by atoms with Crippen LogP contribution in [0.5, 0.6) is 0 Å². The minimum Gasteiger partial charge on any atom is -0.383 e. The van der Waals surface area contributed by atoms with Crippen LogP contribution in [0.15, 0.2) is 33.9 Å². The third kappa shape index (κ3) is 6.11. The molecule has 0 bridgehead atoms. The molecule has 164 valence electrons. The summed E-state index contributed by atoms with van der Waals surface area (Å²) < 4.78 is 6.43. The van der Waals surface area contributed by atoms with Gasteiger partial charge in [-0.3, -0.25) is 19.1 Å². The van der Waals surface area contributed by atoms with Crippen molar-refractivity contribution in [2.75, 3.05) is 37.4 Å². The van der Waals surface area contributed by atoms with Crippen LogP contribution in [0.2, 0.25) is 5.02 Å². The van der Waals surface area contributed by atoms with Gasteiger partial charge in [0.2, 0.25) is 5.91 Å². The van der Waals surface area contributed by atoms with Gasteiger partial charge in [-0.05, 0) is 18.1 Å². The molecule has 1 aromatic carbocycles. The molecule has 10 heteroatoms. The third-order valence-electron chi connectivity index (χ3n) is 4.60. The maximum Gasteiger partial charge on any atom is 0.330 e. The summed E-state index contributed by atoms with van der Waals surface area (Å²) >= 11 is 6.12. The van der Waals surface area contributed by atoms with Crippen molar-refractivity contribution in [2.24, 2.45) is 0 Å².